The predicted octanol–water partition coefficient (Wildman–Crippen LogP) is 7.84. The van der Waals surface area contributed by atoms with Gasteiger partial charge in [0.05, 0.1) is 67.1 Å². The third-order valence-corrected chi connectivity index (χ3v) is 21.9. The first-order valence-electron chi connectivity index (χ1n) is 35.4. The van der Waals surface area contributed by atoms with E-state index in [1.54, 1.807) is 45.2 Å². The molecular weight excluding hydrogens is 1260 g/mol. The van der Waals surface area contributed by atoms with Crippen LogP contribution in [-0.2, 0) is 73.1 Å². The van der Waals surface area contributed by atoms with E-state index in [1.807, 2.05) is 48.5 Å². The van der Waals surface area contributed by atoms with Crippen molar-refractivity contribution in [3.8, 4) is 11.1 Å². The van der Waals surface area contributed by atoms with Crippen molar-refractivity contribution < 1.29 is 86.0 Å². The quantitative estimate of drug-likeness (QED) is 0.0444. The molecule has 1 aliphatic carbocycles. The number of benzene rings is 3. The van der Waals surface area contributed by atoms with E-state index in [2.05, 4.69) is 46.7 Å². The fourth-order valence-electron chi connectivity index (χ4n) is 16.9. The number of alkyl carbamates (subject to hydrolysis) is 2. The van der Waals surface area contributed by atoms with E-state index in [0.29, 0.717) is 43.4 Å². The molecule has 24 heteroatoms. The van der Waals surface area contributed by atoms with Crippen molar-refractivity contribution in [1.29, 1.82) is 0 Å². The Labute approximate surface area is 572 Å². The standard InChI is InChI=1S/C74H96N6O18/c1-38(2)62(80-73(87)90-37-54-51-14-9-7-12-49(51)50-13-8-10-15-52(50)54)70(84)79-55(16-11-27-76-71(75)85)69(83)78-43-19-17-42(18-20-43)36-89-72(86)77-35-45(82)32-60-63(88-6)53-31-44(81)30-47-22-24-57-64(93-47)68-67-66(95-57)65-61(96-67)34-74(97-65,98-68)26-25-48-29-40(4)56(91-48)23-21-46-28-39(3)41(5)58(92-46)33-59(53)94-60/h7-10,12-15,17-20,38-39,45-48,53-68,82H,4-5,11,16,21-37H2,1-3,6H3,(H,77,86)(H,78,83)(H,79,84)(H,80,87)(H3,75,76,85)/t39-,45+,46+,47-,48+,53+,55+,56+,57+,58-,59+,60-,61-,62+,63-,64+,65+,66?,67?,68+,74+/m1/s1. The lowest BCUT2D eigenvalue weighted by Gasteiger charge is -2.47. The summed E-state index contributed by atoms with van der Waals surface area (Å²) in [6.07, 6.45) is 0.212. The lowest BCUT2D eigenvalue weighted by Crippen LogP contribution is -2.61. The van der Waals surface area contributed by atoms with Gasteiger partial charge in [-0.15, -0.1) is 0 Å². The van der Waals surface area contributed by atoms with Gasteiger partial charge < -0.3 is 89.5 Å². The van der Waals surface area contributed by atoms with E-state index in [1.165, 1.54) is 0 Å². The Kier molecular flexibility index (Phi) is 21.4. The molecule has 11 aliphatic rings. The van der Waals surface area contributed by atoms with E-state index in [4.69, 9.17) is 57.8 Å². The van der Waals surface area contributed by atoms with Crippen LogP contribution in [0.4, 0.5) is 20.1 Å². The zero-order valence-electron chi connectivity index (χ0n) is 56.4. The molecule has 21 atom stereocenters. The molecule has 98 heavy (non-hydrogen) atoms. The molecule has 10 saturated heterocycles. The van der Waals surface area contributed by atoms with Crippen LogP contribution < -0.4 is 32.3 Å². The summed E-state index contributed by atoms with van der Waals surface area (Å²) in [5, 5.41) is 25.1. The number of fused-ring (bicyclic) bond motifs is 9. The molecule has 0 aromatic heterocycles. The number of hydrogen-bond acceptors (Lipinski definition) is 18. The fourth-order valence-corrected chi connectivity index (χ4v) is 16.9. The maximum absolute atomic E-state index is 14.6. The smallest absolute Gasteiger partial charge is 0.407 e. The lowest BCUT2D eigenvalue weighted by atomic mass is 9.81. The summed E-state index contributed by atoms with van der Waals surface area (Å²) in [6, 6.07) is 19.6. The minimum Gasteiger partial charge on any atom is -0.449 e. The molecule has 0 radical (unpaired) electrons. The Morgan fingerprint density at radius 1 is 0.704 bits per heavy atom. The van der Waals surface area contributed by atoms with Gasteiger partial charge in [0.1, 0.15) is 61.6 Å². The molecule has 3 aromatic carbocycles. The highest BCUT2D eigenvalue weighted by atomic mass is 16.8. The number of aliphatic hydroxyl groups excluding tert-OH is 1. The number of anilines is 1. The number of amides is 6. The number of primary amides is 1. The van der Waals surface area contributed by atoms with E-state index >= 15 is 0 Å². The number of ether oxygens (including phenoxy) is 11. The second-order valence-corrected chi connectivity index (χ2v) is 29.0. The molecule has 10 heterocycles. The van der Waals surface area contributed by atoms with Crippen molar-refractivity contribution in [3.05, 3.63) is 114 Å². The van der Waals surface area contributed by atoms with E-state index in [0.717, 1.165) is 65.5 Å². The Morgan fingerprint density at radius 3 is 2.15 bits per heavy atom. The third kappa shape index (κ3) is 15.4. The SMILES string of the molecule is C=C1C[C@@H]2CC[C@@]34C[C@H]5OC6C(O[C@H]7CC[C@H](CC(=O)C[C@@H]8[C@@H](OC)[C@@H](C[C@H](O)CNC(=O)OCc9ccc(NC(=O)[C@H](CCCNC(N)=O)NC(=O)[C@@H](NC(=O)OCC%10c%11ccccc%11-c%11ccccc%11%10)C(C)C)cc9)O[C@H]8C[C@H]8O[C@@H](CC[C@@H]1O2)C[C@@H](C)C8=C)O[C@@H]7[C@@H]6O3)[C@H]5O4. The highest BCUT2D eigenvalue weighted by Gasteiger charge is 2.69. The molecule has 24 nitrogen and oxygen atoms in total. The zero-order chi connectivity index (χ0) is 68.5. The molecule has 8 N–H and O–H groups in total. The monoisotopic (exact) mass is 1360 g/mol. The van der Waals surface area contributed by atoms with E-state index in [9.17, 15) is 33.9 Å². The van der Waals surface area contributed by atoms with Crippen LogP contribution >= 0.6 is 0 Å². The summed E-state index contributed by atoms with van der Waals surface area (Å²) in [7, 11) is 1.59. The van der Waals surface area contributed by atoms with Crippen molar-refractivity contribution in [1.82, 2.24) is 21.3 Å². The van der Waals surface area contributed by atoms with Gasteiger partial charge in [0.2, 0.25) is 11.8 Å². The van der Waals surface area contributed by atoms with Gasteiger partial charge in [-0.3, -0.25) is 14.4 Å². The molecule has 2 unspecified atom stereocenters. The second-order valence-electron chi connectivity index (χ2n) is 29.0. The summed E-state index contributed by atoms with van der Waals surface area (Å²) in [4.78, 5) is 80.5. The molecule has 10 aliphatic heterocycles. The average molecular weight is 1360 g/mol. The average Bonchev–Trinajstić information content (AvgIpc) is 1.55. The van der Waals surface area contributed by atoms with Gasteiger partial charge in [0.25, 0.3) is 0 Å². The van der Waals surface area contributed by atoms with Gasteiger partial charge in [0, 0.05) is 76.2 Å². The van der Waals surface area contributed by atoms with Crippen LogP contribution in [-0.4, -0.2) is 183 Å². The van der Waals surface area contributed by atoms with Gasteiger partial charge in [-0.2, -0.15) is 0 Å². The first kappa shape index (κ1) is 69.6. The molecular formula is C74H96N6O18. The Bertz CT molecular complexity index is 3380. The van der Waals surface area contributed by atoms with Crippen molar-refractivity contribution in [2.45, 2.75) is 245 Å². The molecule has 10 fully saturated rings. The molecule has 12 bridgehead atoms. The van der Waals surface area contributed by atoms with E-state index in [-0.39, 0.29) is 137 Å². The number of carbonyl (C=O) groups is 6. The normalized spacial score (nSPS) is 34.1. The van der Waals surface area contributed by atoms with Crippen LogP contribution in [0, 0.1) is 17.8 Å². The summed E-state index contributed by atoms with van der Waals surface area (Å²) >= 11 is 0. The molecule has 0 saturated carbocycles. The number of methoxy groups -OCH3 is 1. The van der Waals surface area contributed by atoms with Crippen molar-refractivity contribution in [2.24, 2.45) is 23.5 Å². The van der Waals surface area contributed by atoms with Gasteiger partial charge in [-0.25, -0.2) is 14.4 Å². The summed E-state index contributed by atoms with van der Waals surface area (Å²) < 4.78 is 72.2. The number of ketones is 1. The zero-order valence-corrected chi connectivity index (χ0v) is 56.4. The number of nitrogens with two attached hydrogens (primary N) is 1. The topological polar surface area (TPSA) is 310 Å². The van der Waals surface area contributed by atoms with Crippen LogP contribution in [0.5, 0.6) is 0 Å². The number of hydrogen-bond donors (Lipinski definition) is 7. The maximum atomic E-state index is 14.6. The van der Waals surface area contributed by atoms with Gasteiger partial charge in [-0.05, 0) is 121 Å². The fraction of sp³-hybridized carbons (Fsp3) is 0.622. The molecule has 14 rings (SSSR count). The number of nitrogens with one attached hydrogen (secondary N) is 5. The second kappa shape index (κ2) is 30.2. The van der Waals surface area contributed by atoms with Gasteiger partial charge in [-0.1, -0.05) is 94.6 Å². The number of aliphatic hydroxyl groups is 1. The summed E-state index contributed by atoms with van der Waals surface area (Å²) in [5.41, 5.74) is 12.5. The highest BCUT2D eigenvalue weighted by molar-refractivity contribution is 5.98. The van der Waals surface area contributed by atoms with E-state index < -0.39 is 96.4 Å². The Morgan fingerprint density at radius 2 is 1.41 bits per heavy atom. The maximum Gasteiger partial charge on any atom is 0.407 e. The van der Waals surface area contributed by atoms with Crippen LogP contribution in [0.25, 0.3) is 11.1 Å². The summed E-state index contributed by atoms with van der Waals surface area (Å²) in [5.74, 6) is -2.87. The molecule has 3 aromatic rings. The largest absolute Gasteiger partial charge is 0.449 e. The molecule has 1 spiro atoms. The molecule has 6 amide bonds. The van der Waals surface area contributed by atoms with Crippen molar-refractivity contribution in [2.75, 3.05) is 32.1 Å². The predicted molar refractivity (Wildman–Crippen MR) is 356 cm³/mol. The van der Waals surface area contributed by atoms with Crippen LogP contribution in [0.3, 0.4) is 0 Å². The molecule has 530 valence electrons. The van der Waals surface area contributed by atoms with Crippen LogP contribution in [0.15, 0.2) is 97.1 Å². The van der Waals surface area contributed by atoms with Crippen molar-refractivity contribution >= 4 is 41.5 Å². The lowest BCUT2D eigenvalue weighted by molar-refractivity contribution is -0.292. The summed E-state index contributed by atoms with van der Waals surface area (Å²) in [6.45, 7) is 14.6. The van der Waals surface area contributed by atoms with Gasteiger partial charge >= 0.3 is 18.2 Å². The van der Waals surface area contributed by atoms with Gasteiger partial charge in [0.15, 0.2) is 5.79 Å². The minimum atomic E-state index is -1.10. The highest BCUT2D eigenvalue weighted by Crippen LogP contribution is 2.55. The number of Topliss-reactive ketones (excluding diaryl/α,β-unsaturated/α-hetero) is 1. The Balaban J connectivity index is 0.607. The number of rotatable bonds is 19. The Hall–Kier alpha value is -6.84. The third-order valence-electron chi connectivity index (χ3n) is 21.9. The van der Waals surface area contributed by atoms with Crippen LogP contribution in [0.1, 0.15) is 140 Å². The number of carbonyl (C=O) groups excluding carboxylic acids is 6. The first-order chi connectivity index (χ1) is 47.2. The van der Waals surface area contributed by atoms with Crippen molar-refractivity contribution in [3.63, 3.8) is 0 Å². The minimum absolute atomic E-state index is 0.000318. The van der Waals surface area contributed by atoms with Crippen LogP contribution in [0.2, 0.25) is 0 Å². The first-order valence-corrected chi connectivity index (χ1v) is 35.4. The number of urea groups is 1.